The molecule has 0 aromatic heterocycles. The molecule has 8 heteroatoms. The maximum atomic E-state index is 14.2. The Morgan fingerprint density at radius 1 is 1.03 bits per heavy atom. The summed E-state index contributed by atoms with van der Waals surface area (Å²) >= 11 is 0. The smallest absolute Gasteiger partial charge is 0.251 e. The van der Waals surface area contributed by atoms with E-state index in [9.17, 15) is 14.4 Å². The summed E-state index contributed by atoms with van der Waals surface area (Å²) in [5.74, 6) is -0.218. The molecule has 1 N–H and O–H groups in total. The number of likely N-dealkylation sites (tertiary alicyclic amines) is 1. The number of hydrogen-bond donors (Lipinski definition) is 1. The molecule has 4 fully saturated rings. The van der Waals surface area contributed by atoms with Gasteiger partial charge in [0, 0.05) is 49.9 Å². The van der Waals surface area contributed by atoms with Gasteiger partial charge in [0.2, 0.25) is 5.91 Å². The molecule has 0 unspecified atom stereocenters. The summed E-state index contributed by atoms with van der Waals surface area (Å²) in [6.45, 7) is 14.3. The van der Waals surface area contributed by atoms with E-state index in [1.165, 1.54) is 0 Å². The van der Waals surface area contributed by atoms with Gasteiger partial charge in [-0.15, -0.1) is 0 Å². The first-order valence-corrected chi connectivity index (χ1v) is 15.0. The lowest BCUT2D eigenvalue weighted by molar-refractivity contribution is -0.139. The second kappa shape index (κ2) is 11.6. The molecule has 4 atom stereocenters. The van der Waals surface area contributed by atoms with Crippen molar-refractivity contribution in [1.82, 2.24) is 15.1 Å². The van der Waals surface area contributed by atoms with Crippen molar-refractivity contribution in [3.05, 3.63) is 29.8 Å². The van der Waals surface area contributed by atoms with Crippen LogP contribution >= 0.6 is 0 Å². The third-order valence-corrected chi connectivity index (χ3v) is 9.57. The average molecular weight is 539 g/mol. The second-order valence-corrected chi connectivity index (χ2v) is 13.0. The number of anilines is 1. The molecule has 4 aliphatic rings. The molecule has 2 amide bonds. The van der Waals surface area contributed by atoms with E-state index in [0.717, 1.165) is 70.5 Å². The van der Waals surface area contributed by atoms with Crippen LogP contribution in [0.4, 0.5) is 5.69 Å². The number of amides is 2. The Morgan fingerprint density at radius 3 is 2.31 bits per heavy atom. The molecule has 1 saturated carbocycles. The maximum Gasteiger partial charge on any atom is 0.251 e. The second-order valence-electron chi connectivity index (χ2n) is 13.0. The number of Topliss-reactive ketones (excluding diaryl/α,β-unsaturated/α-hetero) is 1. The van der Waals surface area contributed by atoms with Gasteiger partial charge in [0.05, 0.1) is 6.10 Å². The summed E-state index contributed by atoms with van der Waals surface area (Å²) in [5.41, 5.74) is 1.59. The van der Waals surface area contributed by atoms with E-state index in [-0.39, 0.29) is 47.6 Å². The van der Waals surface area contributed by atoms with Gasteiger partial charge < -0.3 is 24.8 Å². The van der Waals surface area contributed by atoms with Crippen LogP contribution in [0.15, 0.2) is 24.3 Å². The fraction of sp³-hybridized carbons (Fsp3) is 0.710. The van der Waals surface area contributed by atoms with Crippen LogP contribution in [0, 0.1) is 17.3 Å². The van der Waals surface area contributed by atoms with Crippen LogP contribution in [0.1, 0.15) is 70.2 Å². The van der Waals surface area contributed by atoms with Crippen molar-refractivity contribution in [2.45, 2.75) is 78.0 Å². The summed E-state index contributed by atoms with van der Waals surface area (Å²) in [5, 5.41) is 3.14. The summed E-state index contributed by atoms with van der Waals surface area (Å²) in [6, 6.07) is 6.59. The Kier molecular flexibility index (Phi) is 8.34. The zero-order chi connectivity index (χ0) is 27.7. The molecule has 1 aliphatic carbocycles. The normalized spacial score (nSPS) is 27.5. The highest BCUT2D eigenvalue weighted by Crippen LogP contribution is 2.42. The van der Waals surface area contributed by atoms with Gasteiger partial charge in [-0.05, 0) is 55.0 Å². The first kappa shape index (κ1) is 28.1. The summed E-state index contributed by atoms with van der Waals surface area (Å²) in [4.78, 5) is 47.1. The lowest BCUT2D eigenvalue weighted by Crippen LogP contribution is -2.55. The highest BCUT2D eigenvalue weighted by molar-refractivity contribution is 5.99. The first-order valence-electron chi connectivity index (χ1n) is 15.0. The lowest BCUT2D eigenvalue weighted by Gasteiger charge is -2.35. The molecule has 5 rings (SSSR count). The predicted molar refractivity (Wildman–Crippen MR) is 152 cm³/mol. The Labute approximate surface area is 233 Å². The summed E-state index contributed by atoms with van der Waals surface area (Å²) in [7, 11) is 0. The third-order valence-electron chi connectivity index (χ3n) is 9.57. The quantitative estimate of drug-likeness (QED) is 0.598. The standard InChI is InChI=1S/C31H46N4O4/c1-5-33-15-17-34(18-16-33)23-13-11-22(12-14-23)29(37)32-26(21-9-7-6-8-10-21)30(38)35-19-24(31(2,3)4)28-27(35)25(36)20-39-28/h11-14,21,24,26-28H,5-10,15-20H2,1-4H3,(H,32,37)/t24-,26+,27-,28-/m1/s1. The number of hydrogen-bond acceptors (Lipinski definition) is 6. The molecule has 3 aliphatic heterocycles. The van der Waals surface area contributed by atoms with Crippen LogP contribution < -0.4 is 10.2 Å². The SMILES string of the molecule is CCN1CCN(c2ccc(C(=O)N[C@H](C(=O)N3C[C@@H](C(C)(C)C)[C@H]4OCC(=O)[C@H]43)C3CCCCC3)cc2)CC1. The number of nitrogens with zero attached hydrogens (tertiary/aromatic N) is 3. The van der Waals surface area contributed by atoms with Crippen LogP contribution in [0.3, 0.4) is 0 Å². The van der Waals surface area contributed by atoms with Gasteiger partial charge >= 0.3 is 0 Å². The van der Waals surface area contributed by atoms with Crippen molar-refractivity contribution in [3.63, 3.8) is 0 Å². The number of benzene rings is 1. The largest absolute Gasteiger partial charge is 0.369 e. The van der Waals surface area contributed by atoms with E-state index >= 15 is 0 Å². The van der Waals surface area contributed by atoms with Gasteiger partial charge in [0.1, 0.15) is 18.7 Å². The topological polar surface area (TPSA) is 82.2 Å². The average Bonchev–Trinajstić information content (AvgIpc) is 3.52. The molecule has 214 valence electrons. The minimum absolute atomic E-state index is 0.0239. The molecule has 3 heterocycles. The van der Waals surface area contributed by atoms with E-state index in [0.29, 0.717) is 12.1 Å². The van der Waals surface area contributed by atoms with Crippen LogP contribution in [-0.2, 0) is 14.3 Å². The Balaban J connectivity index is 1.32. The Morgan fingerprint density at radius 2 is 1.69 bits per heavy atom. The predicted octanol–water partition coefficient (Wildman–Crippen LogP) is 3.35. The summed E-state index contributed by atoms with van der Waals surface area (Å²) < 4.78 is 5.92. The molecular formula is C31H46N4O4. The fourth-order valence-corrected chi connectivity index (χ4v) is 7.05. The molecule has 8 nitrogen and oxygen atoms in total. The van der Waals surface area contributed by atoms with E-state index in [4.69, 9.17) is 4.74 Å². The van der Waals surface area contributed by atoms with Gasteiger partial charge in [0.15, 0.2) is 5.78 Å². The van der Waals surface area contributed by atoms with Gasteiger partial charge in [-0.2, -0.15) is 0 Å². The molecule has 0 radical (unpaired) electrons. The number of likely N-dealkylation sites (N-methyl/N-ethyl adjacent to an activating group) is 1. The van der Waals surface area contributed by atoms with Crippen LogP contribution in [-0.4, -0.2) is 91.5 Å². The molecular weight excluding hydrogens is 492 g/mol. The van der Waals surface area contributed by atoms with Crippen molar-refractivity contribution in [3.8, 4) is 0 Å². The summed E-state index contributed by atoms with van der Waals surface area (Å²) in [6.07, 6.45) is 4.83. The Bertz CT molecular complexity index is 1040. The van der Waals surface area contributed by atoms with Crippen LogP contribution in [0.5, 0.6) is 0 Å². The molecule has 1 aromatic rings. The van der Waals surface area contributed by atoms with E-state index in [1.54, 1.807) is 4.90 Å². The van der Waals surface area contributed by atoms with Gasteiger partial charge in [-0.1, -0.05) is 47.0 Å². The number of rotatable bonds is 6. The molecule has 1 aromatic carbocycles. The Hall–Kier alpha value is -2.45. The molecule has 0 spiro atoms. The lowest BCUT2D eigenvalue weighted by atomic mass is 9.78. The number of carbonyl (C=O) groups excluding carboxylic acids is 3. The number of nitrogens with one attached hydrogen (secondary N) is 1. The zero-order valence-electron chi connectivity index (χ0n) is 24.2. The van der Waals surface area contributed by atoms with Crippen molar-refractivity contribution >= 4 is 23.3 Å². The third kappa shape index (κ3) is 5.87. The minimum atomic E-state index is -0.632. The maximum absolute atomic E-state index is 14.2. The van der Waals surface area contributed by atoms with Crippen molar-refractivity contribution in [2.24, 2.45) is 17.3 Å². The van der Waals surface area contributed by atoms with E-state index < -0.39 is 12.1 Å². The van der Waals surface area contributed by atoms with E-state index in [2.05, 4.69) is 42.8 Å². The monoisotopic (exact) mass is 538 g/mol. The number of piperazine rings is 1. The fourth-order valence-electron chi connectivity index (χ4n) is 7.05. The number of ether oxygens (including phenoxy) is 1. The van der Waals surface area contributed by atoms with Crippen molar-refractivity contribution in [1.29, 1.82) is 0 Å². The van der Waals surface area contributed by atoms with E-state index in [1.807, 2.05) is 24.3 Å². The number of carbonyl (C=O) groups is 3. The highest BCUT2D eigenvalue weighted by Gasteiger charge is 2.56. The minimum Gasteiger partial charge on any atom is -0.369 e. The van der Waals surface area contributed by atoms with Gasteiger partial charge in [0.25, 0.3) is 5.91 Å². The molecule has 0 bridgehead atoms. The van der Waals surface area contributed by atoms with Crippen LogP contribution in [0.25, 0.3) is 0 Å². The van der Waals surface area contributed by atoms with Crippen molar-refractivity contribution < 1.29 is 19.1 Å². The first-order chi connectivity index (χ1) is 18.7. The number of fused-ring (bicyclic) bond motifs is 1. The highest BCUT2D eigenvalue weighted by atomic mass is 16.5. The van der Waals surface area contributed by atoms with Gasteiger partial charge in [-0.3, -0.25) is 14.4 Å². The van der Waals surface area contributed by atoms with Crippen LogP contribution in [0.2, 0.25) is 0 Å². The van der Waals surface area contributed by atoms with Crippen molar-refractivity contribution in [2.75, 3.05) is 50.8 Å². The van der Waals surface area contributed by atoms with Gasteiger partial charge in [-0.25, -0.2) is 0 Å². The zero-order valence-corrected chi connectivity index (χ0v) is 24.2. The molecule has 3 saturated heterocycles. The number of ketones is 1. The molecule has 39 heavy (non-hydrogen) atoms.